The molecule has 17 heavy (non-hydrogen) atoms. The van der Waals surface area contributed by atoms with Crippen molar-refractivity contribution in [3.05, 3.63) is 29.3 Å². The Morgan fingerprint density at radius 3 is 2.53 bits per heavy atom. The molecule has 3 nitrogen and oxygen atoms in total. The van der Waals surface area contributed by atoms with Crippen molar-refractivity contribution in [2.75, 3.05) is 32.1 Å². The van der Waals surface area contributed by atoms with Crippen molar-refractivity contribution in [3.63, 3.8) is 0 Å². The van der Waals surface area contributed by atoms with Crippen molar-refractivity contribution >= 4 is 17.3 Å². The van der Waals surface area contributed by atoms with Gasteiger partial charge in [-0.15, -0.1) is 0 Å². The topological polar surface area (TPSA) is 32.5 Å². The second-order valence-corrected chi connectivity index (χ2v) is 5.34. The first-order valence-electron chi connectivity index (χ1n) is 6.00. The highest BCUT2D eigenvalue weighted by Gasteiger charge is 2.28. The summed E-state index contributed by atoms with van der Waals surface area (Å²) in [5, 5.41) is 0.784. The molecule has 2 atom stereocenters. The van der Waals surface area contributed by atoms with Crippen LogP contribution in [0.4, 0.5) is 5.69 Å². The van der Waals surface area contributed by atoms with Crippen LogP contribution in [-0.2, 0) is 0 Å². The number of hydrogen-bond acceptors (Lipinski definition) is 3. The molecule has 2 unspecified atom stereocenters. The van der Waals surface area contributed by atoms with E-state index in [1.807, 2.05) is 12.1 Å². The summed E-state index contributed by atoms with van der Waals surface area (Å²) in [4.78, 5) is 4.59. The molecule has 1 aromatic carbocycles. The van der Waals surface area contributed by atoms with Gasteiger partial charge in [0, 0.05) is 35.9 Å². The molecule has 1 saturated heterocycles. The average molecular weight is 254 g/mol. The van der Waals surface area contributed by atoms with Crippen molar-refractivity contribution < 1.29 is 0 Å². The first kappa shape index (κ1) is 12.7. The molecule has 1 aromatic rings. The van der Waals surface area contributed by atoms with Gasteiger partial charge in [-0.05, 0) is 44.8 Å². The number of piperidine rings is 1. The van der Waals surface area contributed by atoms with Crippen LogP contribution in [0.5, 0.6) is 0 Å². The van der Waals surface area contributed by atoms with Crippen LogP contribution >= 0.6 is 11.6 Å². The van der Waals surface area contributed by atoms with Gasteiger partial charge in [-0.1, -0.05) is 11.6 Å². The van der Waals surface area contributed by atoms with Crippen LogP contribution < -0.4 is 10.6 Å². The molecule has 0 aromatic heterocycles. The van der Waals surface area contributed by atoms with Gasteiger partial charge in [0.25, 0.3) is 0 Å². The van der Waals surface area contributed by atoms with Gasteiger partial charge >= 0.3 is 0 Å². The Morgan fingerprint density at radius 2 is 1.94 bits per heavy atom. The lowest BCUT2D eigenvalue weighted by molar-refractivity contribution is 0.229. The summed E-state index contributed by atoms with van der Waals surface area (Å²) in [6.45, 7) is 2.00. The molecule has 1 heterocycles. The summed E-state index contributed by atoms with van der Waals surface area (Å²) >= 11 is 5.91. The Morgan fingerprint density at radius 1 is 1.29 bits per heavy atom. The lowest BCUT2D eigenvalue weighted by atomic mass is 9.99. The highest BCUT2D eigenvalue weighted by atomic mass is 35.5. The molecule has 4 heteroatoms. The Bertz CT molecular complexity index is 363. The fourth-order valence-electron chi connectivity index (χ4n) is 2.38. The van der Waals surface area contributed by atoms with Crippen LogP contribution in [0.1, 0.15) is 6.42 Å². The molecule has 0 spiro atoms. The number of nitrogens with zero attached hydrogens (tertiary/aromatic N) is 2. The normalized spacial score (nSPS) is 25.4. The molecular weight excluding hydrogens is 234 g/mol. The standard InChI is InChI=1S/C13H20ClN3/c1-16(2)13-9-17(8-7-12(13)15)11-5-3-10(14)4-6-11/h3-6,12-13H,7-9,15H2,1-2H3. The van der Waals surface area contributed by atoms with Crippen molar-refractivity contribution in [3.8, 4) is 0 Å². The Balaban J connectivity index is 2.10. The summed E-state index contributed by atoms with van der Waals surface area (Å²) in [5.41, 5.74) is 7.38. The summed E-state index contributed by atoms with van der Waals surface area (Å²) in [7, 11) is 4.19. The van der Waals surface area contributed by atoms with Gasteiger partial charge in [0.2, 0.25) is 0 Å². The van der Waals surface area contributed by atoms with E-state index >= 15 is 0 Å². The molecule has 0 amide bonds. The maximum atomic E-state index is 6.15. The van der Waals surface area contributed by atoms with E-state index in [1.165, 1.54) is 5.69 Å². The zero-order valence-electron chi connectivity index (χ0n) is 10.4. The SMILES string of the molecule is CN(C)C1CN(c2ccc(Cl)cc2)CCC1N. The minimum atomic E-state index is 0.272. The predicted molar refractivity (Wildman–Crippen MR) is 73.7 cm³/mol. The van der Waals surface area contributed by atoms with E-state index in [1.54, 1.807) is 0 Å². The Labute approximate surface area is 108 Å². The molecule has 1 aliphatic rings. The first-order chi connectivity index (χ1) is 8.08. The predicted octanol–water partition coefficient (Wildman–Crippen LogP) is 1.81. The third kappa shape index (κ3) is 2.92. The third-order valence-electron chi connectivity index (χ3n) is 3.49. The van der Waals surface area contributed by atoms with Crippen molar-refractivity contribution in [1.29, 1.82) is 0 Å². The maximum Gasteiger partial charge on any atom is 0.0417 e. The minimum Gasteiger partial charge on any atom is -0.370 e. The van der Waals surface area contributed by atoms with Crippen molar-refractivity contribution in [2.24, 2.45) is 5.73 Å². The number of hydrogen-bond donors (Lipinski definition) is 1. The monoisotopic (exact) mass is 253 g/mol. The van der Waals surface area contributed by atoms with Crippen LogP contribution in [-0.4, -0.2) is 44.2 Å². The number of rotatable bonds is 2. The van der Waals surface area contributed by atoms with E-state index in [2.05, 4.69) is 36.0 Å². The number of likely N-dealkylation sites (N-methyl/N-ethyl adjacent to an activating group) is 1. The fraction of sp³-hybridized carbons (Fsp3) is 0.538. The Hall–Kier alpha value is -0.770. The van der Waals surface area contributed by atoms with Crippen LogP contribution in [0.2, 0.25) is 5.02 Å². The van der Waals surface area contributed by atoms with E-state index < -0.39 is 0 Å². The van der Waals surface area contributed by atoms with E-state index in [4.69, 9.17) is 17.3 Å². The van der Waals surface area contributed by atoms with E-state index in [9.17, 15) is 0 Å². The van der Waals surface area contributed by atoms with E-state index in [0.29, 0.717) is 6.04 Å². The van der Waals surface area contributed by atoms with Gasteiger partial charge in [0.1, 0.15) is 0 Å². The lowest BCUT2D eigenvalue weighted by Crippen LogP contribution is -2.56. The molecule has 0 bridgehead atoms. The second-order valence-electron chi connectivity index (χ2n) is 4.91. The van der Waals surface area contributed by atoms with Gasteiger partial charge < -0.3 is 15.5 Å². The molecular formula is C13H20ClN3. The number of halogens is 1. The zero-order valence-corrected chi connectivity index (χ0v) is 11.2. The molecule has 1 aliphatic heterocycles. The van der Waals surface area contributed by atoms with Gasteiger partial charge in [-0.2, -0.15) is 0 Å². The van der Waals surface area contributed by atoms with Crippen molar-refractivity contribution in [2.45, 2.75) is 18.5 Å². The smallest absolute Gasteiger partial charge is 0.0417 e. The van der Waals surface area contributed by atoms with Gasteiger partial charge in [-0.3, -0.25) is 0 Å². The highest BCUT2D eigenvalue weighted by molar-refractivity contribution is 6.30. The number of nitrogens with two attached hydrogens (primary N) is 1. The number of anilines is 1. The van der Waals surface area contributed by atoms with Crippen LogP contribution in [0, 0.1) is 0 Å². The van der Waals surface area contributed by atoms with Gasteiger partial charge in [0.05, 0.1) is 0 Å². The molecule has 94 valence electrons. The summed E-state index contributed by atoms with van der Waals surface area (Å²) in [6, 6.07) is 8.72. The third-order valence-corrected chi connectivity index (χ3v) is 3.74. The Kier molecular flexibility index (Phi) is 3.92. The summed E-state index contributed by atoms with van der Waals surface area (Å²) in [5.74, 6) is 0. The second kappa shape index (κ2) is 5.25. The lowest BCUT2D eigenvalue weighted by Gasteiger charge is -2.41. The summed E-state index contributed by atoms with van der Waals surface area (Å²) < 4.78 is 0. The molecule has 2 N–H and O–H groups in total. The first-order valence-corrected chi connectivity index (χ1v) is 6.38. The molecule has 0 radical (unpaired) electrons. The highest BCUT2D eigenvalue weighted by Crippen LogP contribution is 2.22. The van der Waals surface area contributed by atoms with Crippen molar-refractivity contribution in [1.82, 2.24) is 4.90 Å². The fourth-order valence-corrected chi connectivity index (χ4v) is 2.51. The average Bonchev–Trinajstić information content (AvgIpc) is 2.30. The maximum absolute atomic E-state index is 6.15. The largest absolute Gasteiger partial charge is 0.370 e. The van der Waals surface area contributed by atoms with Crippen LogP contribution in [0.25, 0.3) is 0 Å². The van der Waals surface area contributed by atoms with Gasteiger partial charge in [0.15, 0.2) is 0 Å². The molecule has 2 rings (SSSR count). The molecule has 1 fully saturated rings. The van der Waals surface area contributed by atoms with E-state index in [0.717, 1.165) is 24.5 Å². The van der Waals surface area contributed by atoms with Gasteiger partial charge in [-0.25, -0.2) is 0 Å². The van der Waals surface area contributed by atoms with Crippen LogP contribution in [0.3, 0.4) is 0 Å². The number of benzene rings is 1. The van der Waals surface area contributed by atoms with E-state index in [-0.39, 0.29) is 6.04 Å². The zero-order chi connectivity index (χ0) is 12.4. The van der Waals surface area contributed by atoms with Crippen LogP contribution in [0.15, 0.2) is 24.3 Å². The quantitative estimate of drug-likeness (QED) is 0.873. The minimum absolute atomic E-state index is 0.272. The molecule has 0 aliphatic carbocycles. The molecule has 0 saturated carbocycles. The summed E-state index contributed by atoms with van der Waals surface area (Å²) in [6.07, 6.45) is 1.03.